The van der Waals surface area contributed by atoms with Crippen molar-refractivity contribution in [3.05, 3.63) is 12.2 Å². The van der Waals surface area contributed by atoms with E-state index in [9.17, 15) is 9.59 Å². The number of carbonyl (C=O) groups is 2. The van der Waals surface area contributed by atoms with E-state index in [1.165, 1.54) is 12.8 Å². The molecule has 2 rings (SSSR count). The zero-order valence-corrected chi connectivity index (χ0v) is 7.53. The molecule has 0 radical (unpaired) electrons. The first kappa shape index (κ1) is 8.48. The van der Waals surface area contributed by atoms with Crippen LogP contribution in [0.15, 0.2) is 12.2 Å². The second kappa shape index (κ2) is 3.32. The quantitative estimate of drug-likeness (QED) is 0.473. The predicted octanol–water partition coefficient (Wildman–Crippen LogP) is 0.754. The number of Topliss-reactive ketones (excluding diaryl/α,β-unsaturated/α-hetero) is 1. The molecule has 3 heteroatoms. The molecular weight excluding hydrogens is 166 g/mol. The average molecular weight is 179 g/mol. The molecule has 1 heterocycles. The highest BCUT2D eigenvalue weighted by atomic mass is 16.2. The first-order valence-corrected chi connectivity index (χ1v) is 4.72. The van der Waals surface area contributed by atoms with Gasteiger partial charge in [-0.05, 0) is 18.8 Å². The molecule has 0 unspecified atom stereocenters. The Morgan fingerprint density at radius 1 is 1.38 bits per heavy atom. The van der Waals surface area contributed by atoms with Gasteiger partial charge in [0.15, 0.2) is 5.78 Å². The van der Waals surface area contributed by atoms with Gasteiger partial charge < -0.3 is 4.90 Å². The summed E-state index contributed by atoms with van der Waals surface area (Å²) in [4.78, 5) is 23.6. The van der Waals surface area contributed by atoms with Gasteiger partial charge in [-0.1, -0.05) is 12.2 Å². The molecule has 0 aromatic heterocycles. The smallest absolute Gasteiger partial charge is 0.230 e. The molecule has 2 fully saturated rings. The van der Waals surface area contributed by atoms with E-state index in [0.717, 1.165) is 5.92 Å². The molecule has 0 N–H and O–H groups in total. The summed E-state index contributed by atoms with van der Waals surface area (Å²) in [6.07, 6.45) is 6.83. The Morgan fingerprint density at radius 3 is 2.69 bits per heavy atom. The standard InChI is InChI=1S/C10H13NO2/c12-9-6-10(13)11(7-9)5-1-2-8-3-4-8/h1-2,8H,3-7H2/b2-1+. The second-order valence-corrected chi connectivity index (χ2v) is 3.76. The van der Waals surface area contributed by atoms with Crippen molar-refractivity contribution >= 4 is 11.7 Å². The Balaban J connectivity index is 1.80. The molecule has 0 aromatic carbocycles. The Hall–Kier alpha value is -1.12. The Bertz CT molecular complexity index is 266. The van der Waals surface area contributed by atoms with Crippen molar-refractivity contribution in [1.29, 1.82) is 0 Å². The molecule has 0 aromatic rings. The minimum Gasteiger partial charge on any atom is -0.331 e. The summed E-state index contributed by atoms with van der Waals surface area (Å²) in [5.41, 5.74) is 0. The lowest BCUT2D eigenvalue weighted by atomic mass is 10.3. The van der Waals surface area contributed by atoms with Crippen LogP contribution in [-0.2, 0) is 9.59 Å². The van der Waals surface area contributed by atoms with Crippen LogP contribution in [0.4, 0.5) is 0 Å². The minimum atomic E-state index is -0.0227. The molecule has 1 aliphatic heterocycles. The van der Waals surface area contributed by atoms with Gasteiger partial charge in [0, 0.05) is 6.54 Å². The van der Waals surface area contributed by atoms with Crippen molar-refractivity contribution in [2.75, 3.05) is 13.1 Å². The van der Waals surface area contributed by atoms with Crippen molar-refractivity contribution in [1.82, 2.24) is 4.90 Å². The van der Waals surface area contributed by atoms with Crippen LogP contribution >= 0.6 is 0 Å². The Labute approximate surface area is 77.4 Å². The van der Waals surface area contributed by atoms with Crippen LogP contribution in [-0.4, -0.2) is 29.7 Å². The van der Waals surface area contributed by atoms with Gasteiger partial charge in [-0.15, -0.1) is 0 Å². The van der Waals surface area contributed by atoms with E-state index in [4.69, 9.17) is 0 Å². The third kappa shape index (κ3) is 2.17. The van der Waals surface area contributed by atoms with E-state index in [2.05, 4.69) is 6.08 Å². The number of amides is 1. The lowest BCUT2D eigenvalue weighted by molar-refractivity contribution is -0.127. The van der Waals surface area contributed by atoms with Gasteiger partial charge in [0.1, 0.15) is 0 Å². The van der Waals surface area contributed by atoms with Crippen LogP contribution < -0.4 is 0 Å². The number of carbonyl (C=O) groups excluding carboxylic acids is 2. The number of likely N-dealkylation sites (tertiary alicyclic amines) is 1. The Morgan fingerprint density at radius 2 is 2.15 bits per heavy atom. The maximum atomic E-state index is 11.1. The van der Waals surface area contributed by atoms with Crippen LogP contribution in [0.3, 0.4) is 0 Å². The van der Waals surface area contributed by atoms with E-state index in [1.54, 1.807) is 4.90 Å². The van der Waals surface area contributed by atoms with Gasteiger partial charge in [0.2, 0.25) is 5.91 Å². The van der Waals surface area contributed by atoms with Crippen molar-refractivity contribution in [3.63, 3.8) is 0 Å². The van der Waals surface area contributed by atoms with E-state index >= 15 is 0 Å². The molecule has 1 saturated heterocycles. The molecule has 1 saturated carbocycles. The van der Waals surface area contributed by atoms with E-state index in [1.807, 2.05) is 6.08 Å². The third-order valence-corrected chi connectivity index (χ3v) is 2.42. The lowest BCUT2D eigenvalue weighted by Crippen LogP contribution is -2.25. The highest BCUT2D eigenvalue weighted by Crippen LogP contribution is 2.29. The molecule has 1 aliphatic carbocycles. The number of nitrogens with zero attached hydrogens (tertiary/aromatic N) is 1. The number of hydrogen-bond donors (Lipinski definition) is 0. The summed E-state index contributed by atoms with van der Waals surface area (Å²) < 4.78 is 0. The maximum Gasteiger partial charge on any atom is 0.230 e. The fourth-order valence-electron chi connectivity index (χ4n) is 1.47. The van der Waals surface area contributed by atoms with Crippen molar-refractivity contribution in [2.24, 2.45) is 5.92 Å². The SMILES string of the molecule is O=C1CC(=O)N(C/C=C/C2CC2)C1. The molecule has 13 heavy (non-hydrogen) atoms. The number of hydrogen-bond acceptors (Lipinski definition) is 2. The molecule has 0 atom stereocenters. The van der Waals surface area contributed by atoms with Gasteiger partial charge in [0.05, 0.1) is 13.0 Å². The van der Waals surface area contributed by atoms with Crippen molar-refractivity contribution in [3.8, 4) is 0 Å². The molecule has 0 spiro atoms. The van der Waals surface area contributed by atoms with Crippen LogP contribution in [0.25, 0.3) is 0 Å². The summed E-state index contributed by atoms with van der Waals surface area (Å²) in [5.74, 6) is 0.767. The minimum absolute atomic E-state index is 0.0227. The van der Waals surface area contributed by atoms with Crippen molar-refractivity contribution in [2.45, 2.75) is 19.3 Å². The number of allylic oxidation sites excluding steroid dienone is 1. The van der Waals surface area contributed by atoms with E-state index in [0.29, 0.717) is 13.1 Å². The zero-order valence-electron chi connectivity index (χ0n) is 7.53. The molecular formula is C10H13NO2. The van der Waals surface area contributed by atoms with Crippen LogP contribution in [0.2, 0.25) is 0 Å². The van der Waals surface area contributed by atoms with E-state index < -0.39 is 0 Å². The summed E-state index contributed by atoms with van der Waals surface area (Å²) in [5, 5.41) is 0. The first-order chi connectivity index (χ1) is 6.25. The number of rotatable bonds is 3. The summed E-state index contributed by atoms with van der Waals surface area (Å²) >= 11 is 0. The lowest BCUT2D eigenvalue weighted by Gasteiger charge is -2.10. The molecule has 2 aliphatic rings. The summed E-state index contributed by atoms with van der Waals surface area (Å²) in [7, 11) is 0. The third-order valence-electron chi connectivity index (χ3n) is 2.42. The maximum absolute atomic E-state index is 11.1. The highest BCUT2D eigenvalue weighted by molar-refractivity contribution is 6.05. The van der Waals surface area contributed by atoms with Crippen molar-refractivity contribution < 1.29 is 9.59 Å². The zero-order chi connectivity index (χ0) is 9.26. The molecule has 70 valence electrons. The topological polar surface area (TPSA) is 37.4 Å². The molecule has 3 nitrogen and oxygen atoms in total. The van der Waals surface area contributed by atoms with E-state index in [-0.39, 0.29) is 18.1 Å². The predicted molar refractivity (Wildman–Crippen MR) is 48.1 cm³/mol. The summed E-state index contributed by atoms with van der Waals surface area (Å²) in [6, 6.07) is 0. The Kier molecular flexibility index (Phi) is 2.17. The normalized spacial score (nSPS) is 23.5. The monoisotopic (exact) mass is 179 g/mol. The summed E-state index contributed by atoms with van der Waals surface area (Å²) in [6.45, 7) is 0.926. The fraction of sp³-hybridized carbons (Fsp3) is 0.600. The van der Waals surface area contributed by atoms with Gasteiger partial charge in [-0.2, -0.15) is 0 Å². The van der Waals surface area contributed by atoms with Gasteiger partial charge in [-0.3, -0.25) is 9.59 Å². The highest BCUT2D eigenvalue weighted by Gasteiger charge is 2.26. The second-order valence-electron chi connectivity index (χ2n) is 3.76. The van der Waals surface area contributed by atoms with Gasteiger partial charge in [-0.25, -0.2) is 0 Å². The largest absolute Gasteiger partial charge is 0.331 e. The average Bonchev–Trinajstić information content (AvgIpc) is 2.81. The first-order valence-electron chi connectivity index (χ1n) is 4.72. The van der Waals surface area contributed by atoms with Crippen LogP contribution in [0.5, 0.6) is 0 Å². The molecule has 0 bridgehead atoms. The van der Waals surface area contributed by atoms with Crippen LogP contribution in [0, 0.1) is 5.92 Å². The molecule has 1 amide bonds. The van der Waals surface area contributed by atoms with Gasteiger partial charge >= 0.3 is 0 Å². The van der Waals surface area contributed by atoms with Gasteiger partial charge in [0.25, 0.3) is 0 Å². The number of ketones is 1. The fourth-order valence-corrected chi connectivity index (χ4v) is 1.47. The van der Waals surface area contributed by atoms with Crippen LogP contribution in [0.1, 0.15) is 19.3 Å².